The Labute approximate surface area is 115 Å². The molecule has 2 rings (SSSR count). The summed E-state index contributed by atoms with van der Waals surface area (Å²) in [5.74, 6) is 1.03. The normalized spacial score (nSPS) is 23.6. The van der Waals surface area contributed by atoms with Gasteiger partial charge in [0, 0.05) is 17.8 Å². The maximum Gasteiger partial charge on any atom is 0.121 e. The summed E-state index contributed by atoms with van der Waals surface area (Å²) in [4.78, 5) is 0. The molecule has 0 bridgehead atoms. The van der Waals surface area contributed by atoms with Gasteiger partial charge in [-0.2, -0.15) is 5.26 Å². The van der Waals surface area contributed by atoms with Crippen molar-refractivity contribution in [2.45, 2.75) is 51.7 Å². The van der Waals surface area contributed by atoms with Crippen molar-refractivity contribution >= 4 is 5.69 Å². The Kier molecular flexibility index (Phi) is 4.68. The molecule has 0 saturated heterocycles. The molecule has 1 fully saturated rings. The lowest BCUT2D eigenvalue weighted by Crippen LogP contribution is -2.22. The van der Waals surface area contributed by atoms with Gasteiger partial charge in [0.25, 0.3) is 0 Å². The summed E-state index contributed by atoms with van der Waals surface area (Å²) in [6.45, 7) is 4.19. The third-order valence-corrected chi connectivity index (χ3v) is 3.78. The van der Waals surface area contributed by atoms with E-state index in [4.69, 9.17) is 10.00 Å². The molecule has 1 saturated carbocycles. The lowest BCUT2D eigenvalue weighted by atomic mass is 10.1. The second-order valence-electron chi connectivity index (χ2n) is 5.28. The topological polar surface area (TPSA) is 45.0 Å². The summed E-state index contributed by atoms with van der Waals surface area (Å²) >= 11 is 0. The number of hydrogen-bond acceptors (Lipinski definition) is 3. The zero-order valence-corrected chi connectivity index (χ0v) is 11.7. The molecule has 3 unspecified atom stereocenters. The Morgan fingerprint density at radius 2 is 2.32 bits per heavy atom. The van der Waals surface area contributed by atoms with E-state index in [0.717, 1.165) is 37.1 Å². The predicted molar refractivity (Wildman–Crippen MR) is 77.2 cm³/mol. The largest absolute Gasteiger partial charge is 0.491 e. The van der Waals surface area contributed by atoms with E-state index in [0.29, 0.717) is 0 Å². The number of anilines is 1. The highest BCUT2D eigenvalue weighted by Gasteiger charge is 2.26. The first-order chi connectivity index (χ1) is 9.22. The fourth-order valence-electron chi connectivity index (χ4n) is 2.48. The monoisotopic (exact) mass is 258 g/mol. The van der Waals surface area contributed by atoms with Gasteiger partial charge in [0.15, 0.2) is 0 Å². The first-order valence-electron chi connectivity index (χ1n) is 7.15. The average Bonchev–Trinajstić information content (AvgIpc) is 2.86. The Morgan fingerprint density at radius 1 is 1.47 bits per heavy atom. The minimum absolute atomic E-state index is 0.138. The third kappa shape index (κ3) is 3.64. The molecule has 0 aliphatic heterocycles. The van der Waals surface area contributed by atoms with Gasteiger partial charge in [0.2, 0.25) is 0 Å². The van der Waals surface area contributed by atoms with Crippen molar-refractivity contribution in [1.29, 1.82) is 5.26 Å². The molecule has 1 aliphatic rings. The predicted octanol–water partition coefficient (Wildman–Crippen LogP) is 3.97. The Hall–Kier alpha value is -1.69. The molecule has 0 heterocycles. The van der Waals surface area contributed by atoms with E-state index in [9.17, 15) is 0 Å². The summed E-state index contributed by atoms with van der Waals surface area (Å²) in [6, 6.07) is 10.7. The second kappa shape index (κ2) is 6.47. The summed E-state index contributed by atoms with van der Waals surface area (Å²) < 4.78 is 5.82. The number of nitrogens with zero attached hydrogens (tertiary/aromatic N) is 1. The second-order valence-corrected chi connectivity index (χ2v) is 5.28. The van der Waals surface area contributed by atoms with Crippen LogP contribution < -0.4 is 10.1 Å². The van der Waals surface area contributed by atoms with Gasteiger partial charge in [0.1, 0.15) is 5.75 Å². The van der Waals surface area contributed by atoms with Crippen LogP contribution in [0.4, 0.5) is 5.69 Å². The third-order valence-electron chi connectivity index (χ3n) is 3.78. The Morgan fingerprint density at radius 3 is 3.05 bits per heavy atom. The van der Waals surface area contributed by atoms with E-state index >= 15 is 0 Å². The van der Waals surface area contributed by atoms with Crippen molar-refractivity contribution in [2.75, 3.05) is 5.32 Å². The molecule has 1 N–H and O–H groups in total. The van der Waals surface area contributed by atoms with Crippen LogP contribution in [0.2, 0.25) is 0 Å². The van der Waals surface area contributed by atoms with Gasteiger partial charge in [-0.3, -0.25) is 0 Å². The first-order valence-corrected chi connectivity index (χ1v) is 7.15. The van der Waals surface area contributed by atoms with Gasteiger partial charge < -0.3 is 10.1 Å². The van der Waals surface area contributed by atoms with Crippen molar-refractivity contribution in [3.63, 3.8) is 0 Å². The van der Waals surface area contributed by atoms with Gasteiger partial charge in [-0.1, -0.05) is 13.0 Å². The number of benzene rings is 1. The molecule has 1 aromatic rings. The van der Waals surface area contributed by atoms with E-state index in [2.05, 4.69) is 25.2 Å². The van der Waals surface area contributed by atoms with Crippen molar-refractivity contribution in [3.05, 3.63) is 24.3 Å². The maximum atomic E-state index is 9.11. The van der Waals surface area contributed by atoms with Gasteiger partial charge in [0.05, 0.1) is 18.1 Å². The summed E-state index contributed by atoms with van der Waals surface area (Å²) in [6.07, 6.45) is 4.45. The van der Waals surface area contributed by atoms with Crippen LogP contribution in [0.3, 0.4) is 0 Å². The molecular formula is C16H22N2O. The van der Waals surface area contributed by atoms with Gasteiger partial charge in [-0.25, -0.2) is 0 Å². The van der Waals surface area contributed by atoms with E-state index < -0.39 is 0 Å². The standard InChI is InChI=1S/C16H22N2O/c1-3-12(2)19-15-8-5-7-14(10-15)18-16-9-4-6-13(16)11-17/h5,7-8,10,12-13,16,18H,3-4,6,9H2,1-2H3. The van der Waals surface area contributed by atoms with Gasteiger partial charge >= 0.3 is 0 Å². The highest BCUT2D eigenvalue weighted by molar-refractivity contribution is 5.49. The van der Waals surface area contributed by atoms with Crippen LogP contribution in [-0.2, 0) is 0 Å². The minimum Gasteiger partial charge on any atom is -0.491 e. The smallest absolute Gasteiger partial charge is 0.121 e. The fourth-order valence-corrected chi connectivity index (χ4v) is 2.48. The molecule has 0 radical (unpaired) electrons. The number of rotatable bonds is 5. The number of nitriles is 1. The molecule has 3 nitrogen and oxygen atoms in total. The van der Waals surface area contributed by atoms with Crippen LogP contribution in [0.1, 0.15) is 39.5 Å². The van der Waals surface area contributed by atoms with Crippen molar-refractivity contribution in [2.24, 2.45) is 5.92 Å². The van der Waals surface area contributed by atoms with Crippen molar-refractivity contribution in [1.82, 2.24) is 0 Å². The van der Waals surface area contributed by atoms with E-state index in [1.165, 1.54) is 0 Å². The lowest BCUT2D eigenvalue weighted by Gasteiger charge is -2.18. The van der Waals surface area contributed by atoms with Crippen LogP contribution in [0.15, 0.2) is 24.3 Å². The maximum absolute atomic E-state index is 9.11. The SMILES string of the molecule is CCC(C)Oc1cccc(NC2CCCC2C#N)c1. The van der Waals surface area contributed by atoms with Crippen LogP contribution in [0.25, 0.3) is 0 Å². The Bertz CT molecular complexity index is 452. The van der Waals surface area contributed by atoms with Gasteiger partial charge in [-0.15, -0.1) is 0 Å². The fraction of sp³-hybridized carbons (Fsp3) is 0.562. The van der Waals surface area contributed by atoms with Crippen LogP contribution in [0, 0.1) is 17.2 Å². The summed E-state index contributed by atoms with van der Waals surface area (Å²) in [5, 5.41) is 12.6. The molecule has 19 heavy (non-hydrogen) atoms. The molecule has 1 aromatic carbocycles. The summed E-state index contributed by atoms with van der Waals surface area (Å²) in [7, 11) is 0. The summed E-state index contributed by atoms with van der Waals surface area (Å²) in [5.41, 5.74) is 1.05. The highest BCUT2D eigenvalue weighted by atomic mass is 16.5. The molecule has 3 atom stereocenters. The van der Waals surface area contributed by atoms with E-state index in [1.807, 2.05) is 24.3 Å². The molecule has 3 heteroatoms. The minimum atomic E-state index is 0.138. The molecule has 0 aromatic heterocycles. The van der Waals surface area contributed by atoms with E-state index in [-0.39, 0.29) is 18.1 Å². The van der Waals surface area contributed by atoms with Gasteiger partial charge in [-0.05, 0) is 44.7 Å². The van der Waals surface area contributed by atoms with Crippen molar-refractivity contribution in [3.8, 4) is 11.8 Å². The molecule has 0 amide bonds. The quantitative estimate of drug-likeness (QED) is 0.869. The average molecular weight is 258 g/mol. The van der Waals surface area contributed by atoms with E-state index in [1.54, 1.807) is 0 Å². The van der Waals surface area contributed by atoms with Crippen LogP contribution in [-0.4, -0.2) is 12.1 Å². The number of ether oxygens (including phenoxy) is 1. The number of hydrogen-bond donors (Lipinski definition) is 1. The lowest BCUT2D eigenvalue weighted by molar-refractivity contribution is 0.217. The molecule has 102 valence electrons. The Balaban J connectivity index is 2.01. The first kappa shape index (κ1) is 13.7. The highest BCUT2D eigenvalue weighted by Crippen LogP contribution is 2.29. The van der Waals surface area contributed by atoms with Crippen molar-refractivity contribution < 1.29 is 4.74 Å². The molecule has 1 aliphatic carbocycles. The molecule has 0 spiro atoms. The van der Waals surface area contributed by atoms with Crippen LogP contribution >= 0.6 is 0 Å². The number of nitrogens with one attached hydrogen (secondary N) is 1. The zero-order valence-electron chi connectivity index (χ0n) is 11.7. The molecular weight excluding hydrogens is 236 g/mol. The van der Waals surface area contributed by atoms with Crippen LogP contribution in [0.5, 0.6) is 5.75 Å². The zero-order chi connectivity index (χ0) is 13.7.